The fourth-order valence-electron chi connectivity index (χ4n) is 6.19. The Hall–Kier alpha value is -3.55. The summed E-state index contributed by atoms with van der Waals surface area (Å²) in [6.45, 7) is 11.9. The van der Waals surface area contributed by atoms with Crippen LogP contribution in [0.1, 0.15) is 127 Å². The lowest BCUT2D eigenvalue weighted by atomic mass is 9.92. The van der Waals surface area contributed by atoms with E-state index < -0.39 is 23.8 Å². The first kappa shape index (κ1) is 36.9. The number of nitrogens with zero attached hydrogens (tertiary/aromatic N) is 1. The minimum Gasteiger partial charge on any atom is -0.508 e. The average molecular weight is 636 g/mol. The maximum Gasteiger partial charge on any atom is 0.408 e. The number of aromatic hydroxyl groups is 1. The second kappa shape index (κ2) is 18.0. The molecule has 0 aliphatic heterocycles. The number of carbonyl (C=O) groups is 3. The van der Waals surface area contributed by atoms with Gasteiger partial charge in [0.2, 0.25) is 11.8 Å². The predicted octanol–water partition coefficient (Wildman–Crippen LogP) is 7.82. The van der Waals surface area contributed by atoms with Crippen LogP contribution in [-0.4, -0.2) is 52.1 Å². The molecule has 3 N–H and O–H groups in total. The van der Waals surface area contributed by atoms with Crippen molar-refractivity contribution in [1.29, 1.82) is 0 Å². The molecule has 2 aromatic rings. The van der Waals surface area contributed by atoms with Gasteiger partial charge in [-0.2, -0.15) is 0 Å². The summed E-state index contributed by atoms with van der Waals surface area (Å²) < 4.78 is 5.58. The molecular weight excluding hydrogens is 578 g/mol. The zero-order valence-electron chi connectivity index (χ0n) is 29.0. The summed E-state index contributed by atoms with van der Waals surface area (Å²) >= 11 is 0. The molecular formula is C38H57N3O5. The number of amides is 3. The number of carbonyl (C=O) groups excluding carboxylic acids is 3. The van der Waals surface area contributed by atoms with E-state index in [-0.39, 0.29) is 30.0 Å². The Kier molecular flexibility index (Phi) is 14.4. The van der Waals surface area contributed by atoms with E-state index >= 15 is 0 Å². The van der Waals surface area contributed by atoms with Crippen LogP contribution < -0.4 is 10.6 Å². The van der Waals surface area contributed by atoms with Crippen LogP contribution in [-0.2, 0) is 20.7 Å². The number of rotatable bonds is 15. The van der Waals surface area contributed by atoms with Crippen LogP contribution in [0.3, 0.4) is 0 Å². The highest BCUT2D eigenvalue weighted by Gasteiger charge is 2.37. The molecule has 3 amide bonds. The fraction of sp³-hybridized carbons (Fsp3) is 0.605. The molecule has 0 radical (unpaired) electrons. The van der Waals surface area contributed by atoms with Crippen molar-refractivity contribution in [1.82, 2.24) is 15.5 Å². The van der Waals surface area contributed by atoms with Crippen molar-refractivity contribution in [3.8, 4) is 5.75 Å². The second-order valence-electron chi connectivity index (χ2n) is 13.9. The molecule has 0 heterocycles. The van der Waals surface area contributed by atoms with Crippen molar-refractivity contribution < 1.29 is 24.2 Å². The number of alkyl carbamates (subject to hydrolysis) is 1. The number of nitrogens with one attached hydrogen (secondary N) is 2. The molecule has 3 rings (SSSR count). The van der Waals surface area contributed by atoms with Crippen LogP contribution in [0.2, 0.25) is 0 Å². The van der Waals surface area contributed by atoms with Crippen molar-refractivity contribution in [3.63, 3.8) is 0 Å². The van der Waals surface area contributed by atoms with Crippen LogP contribution in [0.25, 0.3) is 0 Å². The monoisotopic (exact) mass is 635 g/mol. The number of hydrogen-bond donors (Lipinski definition) is 3. The molecule has 1 fully saturated rings. The molecule has 0 bridgehead atoms. The molecule has 46 heavy (non-hydrogen) atoms. The minimum absolute atomic E-state index is 0.0764. The van der Waals surface area contributed by atoms with Gasteiger partial charge in [-0.3, -0.25) is 9.59 Å². The molecule has 8 nitrogen and oxygen atoms in total. The summed E-state index contributed by atoms with van der Waals surface area (Å²) in [5.41, 5.74) is 2.83. The Morgan fingerprint density at radius 3 is 2.24 bits per heavy atom. The smallest absolute Gasteiger partial charge is 0.408 e. The van der Waals surface area contributed by atoms with Crippen molar-refractivity contribution in [3.05, 3.63) is 64.7 Å². The third kappa shape index (κ3) is 11.7. The highest BCUT2D eigenvalue weighted by Crippen LogP contribution is 2.30. The molecule has 254 valence electrons. The minimum atomic E-state index is -0.991. The van der Waals surface area contributed by atoms with E-state index in [0.717, 1.165) is 80.0 Å². The number of unbranched alkanes of at least 4 members (excludes halogenated alkanes) is 5. The maximum absolute atomic E-state index is 14.8. The van der Waals surface area contributed by atoms with Gasteiger partial charge in [0.1, 0.15) is 23.4 Å². The van der Waals surface area contributed by atoms with Gasteiger partial charge in [0.05, 0.1) is 0 Å². The van der Waals surface area contributed by atoms with Crippen molar-refractivity contribution in [2.75, 3.05) is 6.54 Å². The molecule has 0 spiro atoms. The van der Waals surface area contributed by atoms with E-state index in [2.05, 4.69) is 17.6 Å². The SMILES string of the molecule is CCCCCCCCN(C(=O)C(Cc1ccc(O)cc1)NC(=O)OC(C)(C)C)C(C(=O)NC1CCCCC1)c1cccc(C)c1C. The molecule has 0 aromatic heterocycles. The number of hydrogen-bond acceptors (Lipinski definition) is 5. The Balaban J connectivity index is 2.04. The van der Waals surface area contributed by atoms with E-state index in [9.17, 15) is 19.5 Å². The second-order valence-corrected chi connectivity index (χ2v) is 13.9. The largest absolute Gasteiger partial charge is 0.508 e. The van der Waals surface area contributed by atoms with E-state index in [1.807, 2.05) is 32.0 Å². The van der Waals surface area contributed by atoms with Crippen molar-refractivity contribution >= 4 is 17.9 Å². The van der Waals surface area contributed by atoms with Crippen LogP contribution in [0, 0.1) is 13.8 Å². The van der Waals surface area contributed by atoms with Crippen molar-refractivity contribution in [2.45, 2.75) is 142 Å². The highest BCUT2D eigenvalue weighted by molar-refractivity contribution is 5.92. The Morgan fingerprint density at radius 1 is 0.935 bits per heavy atom. The van der Waals surface area contributed by atoms with Gasteiger partial charge < -0.3 is 25.4 Å². The molecule has 1 aliphatic rings. The molecule has 2 unspecified atom stereocenters. The van der Waals surface area contributed by atoms with Gasteiger partial charge in [0, 0.05) is 19.0 Å². The topological polar surface area (TPSA) is 108 Å². The zero-order valence-corrected chi connectivity index (χ0v) is 29.0. The molecule has 2 aromatic carbocycles. The Morgan fingerprint density at radius 2 is 1.59 bits per heavy atom. The molecule has 1 saturated carbocycles. The first-order valence-electron chi connectivity index (χ1n) is 17.3. The van der Waals surface area contributed by atoms with Gasteiger partial charge in [0.15, 0.2) is 0 Å². The standard InChI is InChI=1S/C38H57N3O5/c1-7-8-9-10-11-15-25-41(34(32-20-16-17-27(2)28(32)3)35(43)39-30-18-13-12-14-19-30)36(44)33(40-37(45)46-38(4,5)6)26-29-21-23-31(42)24-22-29/h16-17,20-24,30,33-34,42H,7-15,18-19,25-26H2,1-6H3,(H,39,43)(H,40,45). The van der Waals surface area contributed by atoms with E-state index in [1.165, 1.54) is 12.8 Å². The first-order chi connectivity index (χ1) is 21.9. The van der Waals surface area contributed by atoms with Gasteiger partial charge in [-0.05, 0) is 88.3 Å². The van der Waals surface area contributed by atoms with E-state index in [0.29, 0.717) is 6.54 Å². The summed E-state index contributed by atoms with van der Waals surface area (Å²) in [6.07, 6.45) is 10.9. The quantitative estimate of drug-likeness (QED) is 0.173. The lowest BCUT2D eigenvalue weighted by Gasteiger charge is -2.36. The van der Waals surface area contributed by atoms with Crippen LogP contribution in [0.5, 0.6) is 5.75 Å². The van der Waals surface area contributed by atoms with Gasteiger partial charge in [-0.15, -0.1) is 0 Å². The highest BCUT2D eigenvalue weighted by atomic mass is 16.6. The summed E-state index contributed by atoms with van der Waals surface area (Å²) in [5, 5.41) is 16.0. The predicted molar refractivity (Wildman–Crippen MR) is 184 cm³/mol. The summed E-state index contributed by atoms with van der Waals surface area (Å²) in [5.74, 6) is -0.399. The zero-order chi connectivity index (χ0) is 33.7. The molecule has 0 saturated heterocycles. The van der Waals surface area contributed by atoms with Crippen LogP contribution in [0.4, 0.5) is 4.79 Å². The lowest BCUT2D eigenvalue weighted by Crippen LogP contribution is -2.55. The third-order valence-corrected chi connectivity index (χ3v) is 8.85. The number of phenolic OH excluding ortho intramolecular Hbond substituents is 1. The van der Waals surface area contributed by atoms with Crippen LogP contribution >= 0.6 is 0 Å². The van der Waals surface area contributed by atoms with Crippen LogP contribution in [0.15, 0.2) is 42.5 Å². The molecule has 1 aliphatic carbocycles. The van der Waals surface area contributed by atoms with E-state index in [4.69, 9.17) is 4.74 Å². The van der Waals surface area contributed by atoms with Gasteiger partial charge >= 0.3 is 6.09 Å². The molecule has 2 atom stereocenters. The summed E-state index contributed by atoms with van der Waals surface area (Å²) in [6, 6.07) is 10.8. The number of phenols is 1. The van der Waals surface area contributed by atoms with Gasteiger partial charge in [-0.1, -0.05) is 88.6 Å². The van der Waals surface area contributed by atoms with Gasteiger partial charge in [-0.25, -0.2) is 4.79 Å². The normalized spacial score (nSPS) is 15.1. The number of ether oxygens (including phenoxy) is 1. The maximum atomic E-state index is 14.8. The number of aryl methyl sites for hydroxylation is 1. The lowest BCUT2D eigenvalue weighted by molar-refractivity contribution is -0.143. The first-order valence-corrected chi connectivity index (χ1v) is 17.3. The number of benzene rings is 2. The van der Waals surface area contributed by atoms with E-state index in [1.54, 1.807) is 49.9 Å². The fourth-order valence-corrected chi connectivity index (χ4v) is 6.19. The Bertz CT molecular complexity index is 1260. The molecule has 8 heteroatoms. The third-order valence-electron chi connectivity index (χ3n) is 8.85. The van der Waals surface area contributed by atoms with Crippen molar-refractivity contribution in [2.24, 2.45) is 0 Å². The average Bonchev–Trinajstić information content (AvgIpc) is 3.00. The Labute approximate surface area is 276 Å². The van der Waals surface area contributed by atoms with Gasteiger partial charge in [0.25, 0.3) is 0 Å². The summed E-state index contributed by atoms with van der Waals surface area (Å²) in [7, 11) is 0. The summed E-state index contributed by atoms with van der Waals surface area (Å²) in [4.78, 5) is 44.0.